The molecule has 4 heteroatoms. The van der Waals surface area contributed by atoms with Crippen molar-refractivity contribution < 1.29 is 9.52 Å². The number of hydrogen-bond acceptors (Lipinski definition) is 4. The third-order valence-corrected chi connectivity index (χ3v) is 3.11. The highest BCUT2D eigenvalue weighted by Gasteiger charge is 2.10. The molecule has 0 saturated heterocycles. The molecule has 0 amide bonds. The quantitative estimate of drug-likeness (QED) is 0.715. The van der Waals surface area contributed by atoms with Gasteiger partial charge < -0.3 is 9.52 Å². The molecule has 0 radical (unpaired) electrons. The zero-order valence-electron chi connectivity index (χ0n) is 10.0. The minimum atomic E-state index is 0.0971. The molecule has 0 fully saturated rings. The Labute approximate surface area is 109 Å². The molecule has 1 N–H and O–H groups in total. The molecule has 19 heavy (non-hydrogen) atoms. The highest BCUT2D eigenvalue weighted by atomic mass is 16.3. The standard InChI is InChI=1S/C15H11NO3/c17-12-4-1-10(2-5-12)13-6-3-11(9-16-18)15-14(13)7-8-19-15/h1-8,17H,9H2. The maximum absolute atomic E-state index is 10.4. The molecule has 0 bridgehead atoms. The van der Waals surface area contributed by atoms with Crippen molar-refractivity contribution in [2.45, 2.75) is 6.54 Å². The second-order valence-corrected chi connectivity index (χ2v) is 4.27. The Kier molecular flexibility index (Phi) is 2.76. The topological polar surface area (TPSA) is 62.8 Å². The average molecular weight is 253 g/mol. The van der Waals surface area contributed by atoms with Crippen molar-refractivity contribution in [1.82, 2.24) is 0 Å². The summed E-state index contributed by atoms with van der Waals surface area (Å²) in [7, 11) is 0. The van der Waals surface area contributed by atoms with Gasteiger partial charge in [-0.25, -0.2) is 0 Å². The molecule has 94 valence electrons. The number of rotatable bonds is 3. The van der Waals surface area contributed by atoms with Crippen molar-refractivity contribution in [3.05, 3.63) is 59.2 Å². The maximum atomic E-state index is 10.4. The van der Waals surface area contributed by atoms with Gasteiger partial charge >= 0.3 is 0 Å². The minimum absolute atomic E-state index is 0.0971. The fraction of sp³-hybridized carbons (Fsp3) is 0.0667. The SMILES string of the molecule is O=NCc1ccc(-c2ccc(O)cc2)c2ccoc12. The first-order valence-corrected chi connectivity index (χ1v) is 5.87. The lowest BCUT2D eigenvalue weighted by Gasteiger charge is -2.05. The highest BCUT2D eigenvalue weighted by molar-refractivity contribution is 5.95. The molecule has 0 unspecified atom stereocenters. The second kappa shape index (κ2) is 4.57. The summed E-state index contributed by atoms with van der Waals surface area (Å²) in [5, 5.41) is 13.2. The van der Waals surface area contributed by atoms with Crippen LogP contribution in [0.25, 0.3) is 22.1 Å². The van der Waals surface area contributed by atoms with Gasteiger partial charge in [0.15, 0.2) is 0 Å². The van der Waals surface area contributed by atoms with Gasteiger partial charge in [-0.3, -0.25) is 0 Å². The molecule has 1 heterocycles. The summed E-state index contributed by atoms with van der Waals surface area (Å²) in [5.74, 6) is 0.231. The zero-order chi connectivity index (χ0) is 13.2. The van der Waals surface area contributed by atoms with Crippen molar-refractivity contribution in [2.75, 3.05) is 0 Å². The van der Waals surface area contributed by atoms with E-state index in [2.05, 4.69) is 5.18 Å². The maximum Gasteiger partial charge on any atom is 0.139 e. The number of furan rings is 1. The lowest BCUT2D eigenvalue weighted by molar-refractivity contribution is 0.475. The van der Waals surface area contributed by atoms with E-state index < -0.39 is 0 Å². The molecule has 2 aromatic carbocycles. The van der Waals surface area contributed by atoms with Gasteiger partial charge in [-0.1, -0.05) is 29.4 Å². The lowest BCUT2D eigenvalue weighted by atomic mass is 9.99. The average Bonchev–Trinajstić information content (AvgIpc) is 2.90. The van der Waals surface area contributed by atoms with E-state index in [1.54, 1.807) is 18.4 Å². The number of nitroso groups, excluding NO2 is 1. The summed E-state index contributed by atoms with van der Waals surface area (Å²) in [6.45, 7) is 0.0971. The van der Waals surface area contributed by atoms with Crippen LogP contribution in [0.2, 0.25) is 0 Å². The van der Waals surface area contributed by atoms with Gasteiger partial charge in [0.05, 0.1) is 6.26 Å². The van der Waals surface area contributed by atoms with Crippen molar-refractivity contribution >= 4 is 11.0 Å². The van der Waals surface area contributed by atoms with E-state index >= 15 is 0 Å². The Hall–Kier alpha value is -2.62. The number of fused-ring (bicyclic) bond motifs is 1. The van der Waals surface area contributed by atoms with Crippen LogP contribution in [0.15, 0.2) is 58.3 Å². The van der Waals surface area contributed by atoms with E-state index in [9.17, 15) is 10.0 Å². The first-order valence-electron chi connectivity index (χ1n) is 5.87. The van der Waals surface area contributed by atoms with Crippen LogP contribution in [0.4, 0.5) is 0 Å². The Balaban J connectivity index is 2.20. The van der Waals surface area contributed by atoms with Gasteiger partial charge in [0.25, 0.3) is 0 Å². The second-order valence-electron chi connectivity index (χ2n) is 4.27. The zero-order valence-corrected chi connectivity index (χ0v) is 10.0. The van der Waals surface area contributed by atoms with E-state index in [1.807, 2.05) is 30.3 Å². The van der Waals surface area contributed by atoms with Gasteiger partial charge in [-0.05, 0) is 29.3 Å². The molecule has 0 aliphatic carbocycles. The van der Waals surface area contributed by atoms with Crippen LogP contribution in [-0.4, -0.2) is 5.11 Å². The van der Waals surface area contributed by atoms with Gasteiger partial charge in [0, 0.05) is 10.9 Å². The predicted octanol–water partition coefficient (Wildman–Crippen LogP) is 4.07. The van der Waals surface area contributed by atoms with Crippen LogP contribution in [0.5, 0.6) is 5.75 Å². The smallest absolute Gasteiger partial charge is 0.139 e. The summed E-state index contributed by atoms with van der Waals surface area (Å²) in [6, 6.07) is 12.6. The third kappa shape index (κ3) is 1.97. The summed E-state index contributed by atoms with van der Waals surface area (Å²) in [5.41, 5.74) is 3.44. The summed E-state index contributed by atoms with van der Waals surface area (Å²) < 4.78 is 5.44. The van der Waals surface area contributed by atoms with Crippen molar-refractivity contribution in [1.29, 1.82) is 0 Å². The van der Waals surface area contributed by atoms with Crippen LogP contribution in [0.3, 0.4) is 0 Å². The molecule has 0 atom stereocenters. The van der Waals surface area contributed by atoms with Crippen LogP contribution in [-0.2, 0) is 6.54 Å². The Morgan fingerprint density at radius 3 is 2.58 bits per heavy atom. The van der Waals surface area contributed by atoms with Gasteiger partial charge in [-0.15, -0.1) is 0 Å². The first kappa shape index (κ1) is 11.5. The van der Waals surface area contributed by atoms with Crippen LogP contribution >= 0.6 is 0 Å². The van der Waals surface area contributed by atoms with E-state index in [1.165, 1.54) is 0 Å². The Morgan fingerprint density at radius 2 is 1.84 bits per heavy atom. The molecule has 4 nitrogen and oxygen atoms in total. The van der Waals surface area contributed by atoms with E-state index in [-0.39, 0.29) is 12.3 Å². The Bertz CT molecular complexity index is 729. The van der Waals surface area contributed by atoms with Gasteiger partial charge in [0.1, 0.15) is 17.9 Å². The molecule has 0 saturated carbocycles. The lowest BCUT2D eigenvalue weighted by Crippen LogP contribution is -1.85. The molecule has 0 aliphatic heterocycles. The number of aromatic hydroxyl groups is 1. The minimum Gasteiger partial charge on any atom is -0.508 e. The number of benzene rings is 2. The summed E-state index contributed by atoms with van der Waals surface area (Å²) in [4.78, 5) is 10.4. The molecule has 0 aliphatic rings. The largest absolute Gasteiger partial charge is 0.508 e. The molecule has 3 rings (SSSR count). The van der Waals surface area contributed by atoms with E-state index in [4.69, 9.17) is 4.42 Å². The predicted molar refractivity (Wildman–Crippen MR) is 72.8 cm³/mol. The first-order chi connectivity index (χ1) is 9.29. The van der Waals surface area contributed by atoms with E-state index in [0.29, 0.717) is 5.58 Å². The number of hydrogen-bond donors (Lipinski definition) is 1. The summed E-state index contributed by atoms with van der Waals surface area (Å²) >= 11 is 0. The number of phenols is 1. The molecule has 3 aromatic rings. The highest BCUT2D eigenvalue weighted by Crippen LogP contribution is 2.32. The molecule has 1 aromatic heterocycles. The molecular weight excluding hydrogens is 242 g/mol. The van der Waals surface area contributed by atoms with Crippen LogP contribution in [0, 0.1) is 4.91 Å². The van der Waals surface area contributed by atoms with Crippen LogP contribution < -0.4 is 0 Å². The summed E-state index contributed by atoms with van der Waals surface area (Å²) in [6.07, 6.45) is 1.60. The van der Waals surface area contributed by atoms with Gasteiger partial charge in [0.2, 0.25) is 0 Å². The van der Waals surface area contributed by atoms with Crippen molar-refractivity contribution in [3.8, 4) is 16.9 Å². The van der Waals surface area contributed by atoms with Crippen molar-refractivity contribution in [3.63, 3.8) is 0 Å². The Morgan fingerprint density at radius 1 is 1.05 bits per heavy atom. The third-order valence-electron chi connectivity index (χ3n) is 3.11. The van der Waals surface area contributed by atoms with Crippen molar-refractivity contribution in [2.24, 2.45) is 5.18 Å². The van der Waals surface area contributed by atoms with Gasteiger partial charge in [-0.2, -0.15) is 4.91 Å². The van der Waals surface area contributed by atoms with E-state index in [0.717, 1.165) is 22.1 Å². The number of nitrogens with zero attached hydrogens (tertiary/aromatic N) is 1. The monoisotopic (exact) mass is 253 g/mol. The van der Waals surface area contributed by atoms with Crippen LogP contribution in [0.1, 0.15) is 5.56 Å². The molecular formula is C15H11NO3. The normalized spacial score (nSPS) is 10.7. The molecule has 0 spiro atoms. The fourth-order valence-corrected chi connectivity index (χ4v) is 2.21. The fourth-order valence-electron chi connectivity index (χ4n) is 2.21. The number of phenolic OH excluding ortho intramolecular Hbond substituents is 1.